The Kier molecular flexibility index (Phi) is 4.93. The molecule has 2 N–H and O–H groups in total. The summed E-state index contributed by atoms with van der Waals surface area (Å²) in [5, 5.41) is 10.0. The average Bonchev–Trinajstić information content (AvgIpc) is 3.49. The normalized spacial score (nSPS) is 13.5. The van der Waals surface area contributed by atoms with Crippen LogP contribution in [0.15, 0.2) is 47.6 Å². The number of amides is 1. The van der Waals surface area contributed by atoms with Crippen molar-refractivity contribution in [1.82, 2.24) is 25.1 Å². The van der Waals surface area contributed by atoms with Gasteiger partial charge in [-0.2, -0.15) is 5.10 Å². The van der Waals surface area contributed by atoms with Crippen LogP contribution in [0.4, 0.5) is 10.1 Å². The molecule has 0 aliphatic carbocycles. The molecule has 0 atom stereocenters. The number of pyridine rings is 1. The van der Waals surface area contributed by atoms with Crippen molar-refractivity contribution in [2.75, 3.05) is 10.8 Å². The molecule has 11 heteroatoms. The number of H-pyrrole nitrogens is 1. The molecular weight excluding hydrogens is 447 g/mol. The van der Waals surface area contributed by atoms with Crippen LogP contribution in [-0.4, -0.2) is 40.6 Å². The topological polar surface area (TPSA) is 113 Å². The van der Waals surface area contributed by atoms with Crippen molar-refractivity contribution in [3.8, 4) is 0 Å². The molecule has 0 unspecified atom stereocenters. The van der Waals surface area contributed by atoms with Gasteiger partial charge >= 0.3 is 0 Å². The minimum atomic E-state index is -3.89. The molecule has 0 bridgehead atoms. The van der Waals surface area contributed by atoms with Crippen LogP contribution in [0.1, 0.15) is 27.4 Å². The zero-order valence-electron chi connectivity index (χ0n) is 18.0. The lowest BCUT2D eigenvalue weighted by atomic mass is 10.1. The third-order valence-electron chi connectivity index (χ3n) is 6.08. The largest absolute Gasteiger partial charge is 0.347 e. The van der Waals surface area contributed by atoms with Gasteiger partial charge in [-0.1, -0.05) is 6.07 Å². The van der Waals surface area contributed by atoms with Gasteiger partial charge in [0.1, 0.15) is 16.4 Å². The molecule has 1 aliphatic rings. The monoisotopic (exact) mass is 468 g/mol. The zero-order valence-corrected chi connectivity index (χ0v) is 18.8. The van der Waals surface area contributed by atoms with Gasteiger partial charge in [0.15, 0.2) is 0 Å². The number of aromatic amines is 1. The maximum absolute atomic E-state index is 14.5. The zero-order chi connectivity index (χ0) is 23.3. The Morgan fingerprint density at radius 3 is 2.94 bits per heavy atom. The molecule has 4 aromatic rings. The van der Waals surface area contributed by atoms with Gasteiger partial charge in [0.05, 0.1) is 23.1 Å². The summed E-state index contributed by atoms with van der Waals surface area (Å²) < 4.78 is 44.0. The van der Waals surface area contributed by atoms with Gasteiger partial charge in [-0.3, -0.25) is 19.2 Å². The van der Waals surface area contributed by atoms with E-state index in [4.69, 9.17) is 0 Å². The van der Waals surface area contributed by atoms with Crippen molar-refractivity contribution in [3.63, 3.8) is 0 Å². The summed E-state index contributed by atoms with van der Waals surface area (Å²) >= 11 is 0. The van der Waals surface area contributed by atoms with Crippen molar-refractivity contribution >= 4 is 32.5 Å². The molecule has 0 fully saturated rings. The van der Waals surface area contributed by atoms with E-state index in [0.29, 0.717) is 40.8 Å². The molecule has 33 heavy (non-hydrogen) atoms. The lowest BCUT2D eigenvalue weighted by Crippen LogP contribution is -2.29. The van der Waals surface area contributed by atoms with Crippen molar-refractivity contribution in [1.29, 1.82) is 0 Å². The fourth-order valence-corrected chi connectivity index (χ4v) is 5.94. The molecule has 4 heterocycles. The second kappa shape index (κ2) is 7.69. The molecule has 1 aliphatic heterocycles. The Morgan fingerprint density at radius 1 is 1.30 bits per heavy atom. The molecule has 0 radical (unpaired) electrons. The second-order valence-electron chi connectivity index (χ2n) is 7.88. The molecule has 1 aromatic carbocycles. The minimum Gasteiger partial charge on any atom is -0.347 e. The number of nitrogens with one attached hydrogen (secondary N) is 2. The van der Waals surface area contributed by atoms with E-state index in [1.165, 1.54) is 27.2 Å². The van der Waals surface area contributed by atoms with Crippen molar-refractivity contribution < 1.29 is 17.6 Å². The summed E-state index contributed by atoms with van der Waals surface area (Å²) in [5.74, 6) is -0.958. The third-order valence-corrected chi connectivity index (χ3v) is 8.01. The Labute approximate surface area is 189 Å². The maximum atomic E-state index is 14.5. The number of benzene rings is 1. The van der Waals surface area contributed by atoms with Gasteiger partial charge < -0.3 is 9.88 Å². The van der Waals surface area contributed by atoms with E-state index in [0.717, 1.165) is 5.69 Å². The predicted molar refractivity (Wildman–Crippen MR) is 120 cm³/mol. The highest BCUT2D eigenvalue weighted by atomic mass is 32.2. The first-order chi connectivity index (χ1) is 15.8. The van der Waals surface area contributed by atoms with Crippen LogP contribution in [0.3, 0.4) is 0 Å². The molecular formula is C22H21FN6O3S. The fourth-order valence-electron chi connectivity index (χ4n) is 4.18. The summed E-state index contributed by atoms with van der Waals surface area (Å²) in [6, 6.07) is 7.70. The quantitative estimate of drug-likeness (QED) is 0.467. The molecule has 0 saturated heterocycles. The SMILES string of the molecule is Cc1c(S(=O)(=O)N2CCc3[nH]ncc32)cc(C(=O)NCc2c(F)ccc3ncccc23)n1C. The summed E-state index contributed by atoms with van der Waals surface area (Å²) in [6.07, 6.45) is 3.64. The number of anilines is 1. The Hall–Kier alpha value is -3.73. The number of fused-ring (bicyclic) bond motifs is 2. The Morgan fingerprint density at radius 2 is 2.12 bits per heavy atom. The number of aromatic nitrogens is 4. The summed E-state index contributed by atoms with van der Waals surface area (Å²) in [7, 11) is -2.26. The lowest BCUT2D eigenvalue weighted by molar-refractivity contribution is 0.0942. The second-order valence-corrected chi connectivity index (χ2v) is 9.71. The van der Waals surface area contributed by atoms with Crippen LogP contribution in [0.2, 0.25) is 0 Å². The fraction of sp³-hybridized carbons (Fsp3) is 0.227. The summed E-state index contributed by atoms with van der Waals surface area (Å²) in [5.41, 5.74) is 2.81. The Bertz CT molecular complexity index is 1510. The number of hydrogen-bond donors (Lipinski definition) is 2. The van der Waals surface area contributed by atoms with Crippen LogP contribution in [0, 0.1) is 12.7 Å². The van der Waals surface area contributed by atoms with E-state index < -0.39 is 21.7 Å². The van der Waals surface area contributed by atoms with Crippen LogP contribution < -0.4 is 9.62 Å². The first kappa shape index (κ1) is 21.1. The lowest BCUT2D eigenvalue weighted by Gasteiger charge is -2.17. The van der Waals surface area contributed by atoms with E-state index in [1.807, 2.05) is 0 Å². The molecule has 0 saturated carbocycles. The average molecular weight is 469 g/mol. The molecule has 9 nitrogen and oxygen atoms in total. The van der Waals surface area contributed by atoms with Crippen LogP contribution >= 0.6 is 0 Å². The summed E-state index contributed by atoms with van der Waals surface area (Å²) in [6.45, 7) is 1.88. The van der Waals surface area contributed by atoms with Crippen molar-refractivity contribution in [2.45, 2.75) is 24.8 Å². The Balaban J connectivity index is 1.43. The van der Waals surface area contributed by atoms with Crippen LogP contribution in [0.25, 0.3) is 10.9 Å². The highest BCUT2D eigenvalue weighted by Gasteiger charge is 2.35. The van der Waals surface area contributed by atoms with E-state index in [1.54, 1.807) is 38.4 Å². The van der Waals surface area contributed by atoms with Crippen LogP contribution in [0.5, 0.6) is 0 Å². The molecule has 1 amide bonds. The number of rotatable bonds is 5. The molecule has 5 rings (SSSR count). The van der Waals surface area contributed by atoms with Gasteiger partial charge in [-0.15, -0.1) is 0 Å². The number of halogens is 1. The first-order valence-electron chi connectivity index (χ1n) is 10.3. The van der Waals surface area contributed by atoms with E-state index in [9.17, 15) is 17.6 Å². The standard InChI is InChI=1S/C22H21FN6O3S/c1-13-21(33(31,32)29-9-7-18-20(29)12-26-27-18)10-19(28(13)2)22(30)25-11-15-14-4-3-8-24-17(14)6-5-16(15)23/h3-6,8,10,12H,7,9,11H2,1-2H3,(H,25,30)(H,26,27). The van der Waals surface area contributed by atoms with Gasteiger partial charge in [0, 0.05) is 49.4 Å². The summed E-state index contributed by atoms with van der Waals surface area (Å²) in [4.78, 5) is 17.2. The van der Waals surface area contributed by atoms with Gasteiger partial charge in [0.2, 0.25) is 0 Å². The molecule has 0 spiro atoms. The van der Waals surface area contributed by atoms with Gasteiger partial charge in [0.25, 0.3) is 15.9 Å². The van der Waals surface area contributed by atoms with E-state index >= 15 is 0 Å². The van der Waals surface area contributed by atoms with Gasteiger partial charge in [-0.25, -0.2) is 12.8 Å². The number of carbonyl (C=O) groups is 1. The molecule has 3 aromatic heterocycles. The number of sulfonamides is 1. The van der Waals surface area contributed by atoms with Crippen LogP contribution in [-0.2, 0) is 30.0 Å². The molecule has 170 valence electrons. The number of carbonyl (C=O) groups excluding carboxylic acids is 1. The number of hydrogen-bond acceptors (Lipinski definition) is 5. The van der Waals surface area contributed by atoms with Crippen molar-refractivity contribution in [3.05, 3.63) is 71.2 Å². The minimum absolute atomic E-state index is 0.0461. The van der Waals surface area contributed by atoms with Crippen molar-refractivity contribution in [2.24, 2.45) is 7.05 Å². The first-order valence-corrected chi connectivity index (χ1v) is 11.7. The van der Waals surface area contributed by atoms with Gasteiger partial charge in [-0.05, 0) is 31.2 Å². The smallest absolute Gasteiger partial charge is 0.268 e. The predicted octanol–water partition coefficient (Wildman–Crippen LogP) is 2.43. The third kappa shape index (κ3) is 3.35. The number of nitrogens with zero attached hydrogens (tertiary/aromatic N) is 4. The van der Waals surface area contributed by atoms with E-state index in [2.05, 4.69) is 20.5 Å². The highest BCUT2D eigenvalue weighted by molar-refractivity contribution is 7.93. The maximum Gasteiger partial charge on any atom is 0.268 e. The van der Waals surface area contributed by atoms with E-state index in [-0.39, 0.29) is 17.1 Å². The highest BCUT2D eigenvalue weighted by Crippen LogP contribution is 2.33.